The van der Waals surface area contributed by atoms with E-state index in [0.29, 0.717) is 6.42 Å². The van der Waals surface area contributed by atoms with Crippen LogP contribution < -0.4 is 5.73 Å². The quantitative estimate of drug-likeness (QED) is 0.749. The maximum absolute atomic E-state index is 12.8. The standard InChI is InChI=1S/C8H12F7N/c1-2-3-4-5(16)6(9,10)7(11,12)8(13,14)15/h5H,2-4,16H2,1H3/t5-/m0/s1. The topological polar surface area (TPSA) is 26.0 Å². The van der Waals surface area contributed by atoms with E-state index < -0.39 is 30.5 Å². The van der Waals surface area contributed by atoms with Crippen LogP contribution in [0.2, 0.25) is 0 Å². The minimum atomic E-state index is -6.31. The van der Waals surface area contributed by atoms with Crippen LogP contribution in [-0.2, 0) is 0 Å². The number of rotatable bonds is 5. The molecule has 0 aliphatic carbocycles. The molecule has 2 N–H and O–H groups in total. The second-order valence-electron chi connectivity index (χ2n) is 3.44. The Balaban J connectivity index is 4.89. The first kappa shape index (κ1) is 15.5. The molecule has 8 heteroatoms. The largest absolute Gasteiger partial charge is 0.459 e. The zero-order valence-corrected chi connectivity index (χ0v) is 8.42. The Hall–Kier alpha value is -0.530. The Morgan fingerprint density at radius 2 is 1.44 bits per heavy atom. The molecule has 0 unspecified atom stereocenters. The molecule has 0 amide bonds. The van der Waals surface area contributed by atoms with Gasteiger partial charge in [0.05, 0.1) is 6.04 Å². The van der Waals surface area contributed by atoms with Gasteiger partial charge in [-0.25, -0.2) is 0 Å². The highest BCUT2D eigenvalue weighted by Gasteiger charge is 2.74. The van der Waals surface area contributed by atoms with Gasteiger partial charge in [-0.1, -0.05) is 19.8 Å². The van der Waals surface area contributed by atoms with Crippen molar-refractivity contribution in [2.45, 2.75) is 50.2 Å². The summed E-state index contributed by atoms with van der Waals surface area (Å²) < 4.78 is 85.7. The van der Waals surface area contributed by atoms with Gasteiger partial charge in [-0.2, -0.15) is 30.7 Å². The monoisotopic (exact) mass is 255 g/mol. The Labute approximate surface area is 87.8 Å². The van der Waals surface area contributed by atoms with Crippen LogP contribution in [0.25, 0.3) is 0 Å². The summed E-state index contributed by atoms with van der Waals surface area (Å²) in [6, 6.07) is -2.51. The molecule has 0 saturated carbocycles. The molecule has 0 radical (unpaired) electrons. The second kappa shape index (κ2) is 4.77. The van der Waals surface area contributed by atoms with Crippen LogP contribution in [-0.4, -0.2) is 24.1 Å². The van der Waals surface area contributed by atoms with Crippen LogP contribution in [0, 0.1) is 0 Å². The minimum absolute atomic E-state index is 0.0602. The van der Waals surface area contributed by atoms with Crippen molar-refractivity contribution in [1.29, 1.82) is 0 Å². The molecule has 0 spiro atoms. The van der Waals surface area contributed by atoms with E-state index in [1.807, 2.05) is 0 Å². The van der Waals surface area contributed by atoms with Crippen molar-refractivity contribution in [3.63, 3.8) is 0 Å². The predicted octanol–water partition coefficient (Wildman–Crippen LogP) is 3.34. The Kier molecular flexibility index (Phi) is 4.61. The summed E-state index contributed by atoms with van der Waals surface area (Å²) >= 11 is 0. The number of unbranched alkanes of at least 4 members (excludes halogenated alkanes) is 1. The Bertz CT molecular complexity index is 223. The molecule has 0 aromatic rings. The van der Waals surface area contributed by atoms with E-state index in [-0.39, 0.29) is 6.42 Å². The average Bonchev–Trinajstić information content (AvgIpc) is 2.11. The van der Waals surface area contributed by atoms with Gasteiger partial charge in [-0.15, -0.1) is 0 Å². The zero-order valence-electron chi connectivity index (χ0n) is 8.42. The molecule has 1 nitrogen and oxygen atoms in total. The van der Waals surface area contributed by atoms with Crippen LogP contribution in [0.4, 0.5) is 30.7 Å². The van der Waals surface area contributed by atoms with Gasteiger partial charge in [0.15, 0.2) is 0 Å². The lowest BCUT2D eigenvalue weighted by Crippen LogP contribution is -2.60. The molecule has 98 valence electrons. The smallest absolute Gasteiger partial charge is 0.322 e. The summed E-state index contributed by atoms with van der Waals surface area (Å²) in [7, 11) is 0. The predicted molar refractivity (Wildman–Crippen MR) is 43.4 cm³/mol. The Morgan fingerprint density at radius 1 is 1.00 bits per heavy atom. The van der Waals surface area contributed by atoms with E-state index in [0.717, 1.165) is 0 Å². The van der Waals surface area contributed by atoms with E-state index in [1.54, 1.807) is 6.92 Å². The van der Waals surface area contributed by atoms with E-state index in [9.17, 15) is 30.7 Å². The van der Waals surface area contributed by atoms with Crippen molar-refractivity contribution in [3.8, 4) is 0 Å². The van der Waals surface area contributed by atoms with Crippen molar-refractivity contribution < 1.29 is 30.7 Å². The van der Waals surface area contributed by atoms with E-state index in [2.05, 4.69) is 0 Å². The third-order valence-corrected chi connectivity index (χ3v) is 2.11. The van der Waals surface area contributed by atoms with Gasteiger partial charge in [0.2, 0.25) is 0 Å². The molecular formula is C8H12F7N. The first-order chi connectivity index (χ1) is 6.98. The molecule has 0 aliphatic heterocycles. The van der Waals surface area contributed by atoms with Gasteiger partial charge in [-0.05, 0) is 6.42 Å². The average molecular weight is 255 g/mol. The van der Waals surface area contributed by atoms with Crippen molar-refractivity contribution in [1.82, 2.24) is 0 Å². The number of hydrogen-bond donors (Lipinski definition) is 1. The van der Waals surface area contributed by atoms with Gasteiger partial charge in [0.1, 0.15) is 0 Å². The van der Waals surface area contributed by atoms with Crippen LogP contribution in [0.3, 0.4) is 0 Å². The molecule has 0 saturated heterocycles. The normalized spacial score (nSPS) is 16.3. The van der Waals surface area contributed by atoms with Crippen LogP contribution in [0.5, 0.6) is 0 Å². The lowest BCUT2D eigenvalue weighted by atomic mass is 9.98. The fourth-order valence-electron chi connectivity index (χ4n) is 1.03. The SMILES string of the molecule is CCCC[C@H](N)C(F)(F)C(F)(F)C(F)(F)F. The highest BCUT2D eigenvalue weighted by Crippen LogP contribution is 2.48. The zero-order chi connectivity index (χ0) is 13.2. The summed E-state index contributed by atoms with van der Waals surface area (Å²) in [6.45, 7) is 1.58. The van der Waals surface area contributed by atoms with Crippen molar-refractivity contribution in [2.24, 2.45) is 5.73 Å². The lowest BCUT2D eigenvalue weighted by Gasteiger charge is -2.32. The molecule has 1 atom stereocenters. The van der Waals surface area contributed by atoms with Gasteiger partial charge >= 0.3 is 18.0 Å². The molecule has 16 heavy (non-hydrogen) atoms. The van der Waals surface area contributed by atoms with Crippen LogP contribution >= 0.6 is 0 Å². The first-order valence-corrected chi connectivity index (χ1v) is 4.56. The second-order valence-corrected chi connectivity index (χ2v) is 3.44. The van der Waals surface area contributed by atoms with Gasteiger partial charge in [0, 0.05) is 0 Å². The summed E-state index contributed by atoms with van der Waals surface area (Å²) in [5.41, 5.74) is 4.69. The molecule has 0 aromatic carbocycles. The molecule has 0 rings (SSSR count). The fraction of sp³-hybridized carbons (Fsp3) is 1.00. The summed E-state index contributed by atoms with van der Waals surface area (Å²) in [5.74, 6) is -11.4. The van der Waals surface area contributed by atoms with E-state index >= 15 is 0 Å². The molecule has 0 bridgehead atoms. The number of halogens is 7. The maximum Gasteiger partial charge on any atom is 0.459 e. The third kappa shape index (κ3) is 2.78. The lowest BCUT2D eigenvalue weighted by molar-refractivity contribution is -0.358. The molecular weight excluding hydrogens is 243 g/mol. The minimum Gasteiger partial charge on any atom is -0.322 e. The van der Waals surface area contributed by atoms with Crippen molar-refractivity contribution in [2.75, 3.05) is 0 Å². The maximum atomic E-state index is 12.8. The molecule has 0 aromatic heterocycles. The molecule has 0 fully saturated rings. The molecule has 0 aliphatic rings. The summed E-state index contributed by atoms with van der Waals surface area (Å²) in [5, 5.41) is 0. The fourth-order valence-corrected chi connectivity index (χ4v) is 1.03. The third-order valence-electron chi connectivity index (χ3n) is 2.11. The Morgan fingerprint density at radius 3 is 1.75 bits per heavy atom. The molecule has 0 heterocycles. The van der Waals surface area contributed by atoms with Gasteiger partial charge in [0.25, 0.3) is 0 Å². The van der Waals surface area contributed by atoms with E-state index in [1.165, 1.54) is 0 Å². The number of nitrogens with two attached hydrogens (primary N) is 1. The number of hydrogen-bond acceptors (Lipinski definition) is 1. The van der Waals surface area contributed by atoms with Crippen LogP contribution in [0.15, 0.2) is 0 Å². The summed E-state index contributed by atoms with van der Waals surface area (Å²) in [4.78, 5) is 0. The number of alkyl halides is 7. The van der Waals surface area contributed by atoms with Crippen LogP contribution in [0.1, 0.15) is 26.2 Å². The van der Waals surface area contributed by atoms with Crippen molar-refractivity contribution >= 4 is 0 Å². The van der Waals surface area contributed by atoms with E-state index in [4.69, 9.17) is 5.73 Å². The van der Waals surface area contributed by atoms with Gasteiger partial charge < -0.3 is 5.73 Å². The van der Waals surface area contributed by atoms with Crippen molar-refractivity contribution in [3.05, 3.63) is 0 Å². The first-order valence-electron chi connectivity index (χ1n) is 4.56. The van der Waals surface area contributed by atoms with Gasteiger partial charge in [-0.3, -0.25) is 0 Å². The highest BCUT2D eigenvalue weighted by atomic mass is 19.4. The highest BCUT2D eigenvalue weighted by molar-refractivity contribution is 4.97. The summed E-state index contributed by atoms with van der Waals surface area (Å²) in [6.07, 6.45) is -6.46.